The summed E-state index contributed by atoms with van der Waals surface area (Å²) < 4.78 is 0. The van der Waals surface area contributed by atoms with Gasteiger partial charge in [-0.2, -0.15) is 5.26 Å². The van der Waals surface area contributed by atoms with Crippen molar-refractivity contribution in [3.63, 3.8) is 0 Å². The number of nitrogens with zero attached hydrogens (tertiary/aromatic N) is 1. The largest absolute Gasteiger partial charge is 0.198 e. The highest BCUT2D eigenvalue weighted by Crippen LogP contribution is 2.27. The van der Waals surface area contributed by atoms with Crippen LogP contribution in [0.4, 0.5) is 0 Å². The molecule has 0 radical (unpaired) electrons. The zero-order valence-corrected chi connectivity index (χ0v) is 14.3. The van der Waals surface area contributed by atoms with Gasteiger partial charge in [-0.3, -0.25) is 0 Å². The smallest absolute Gasteiger partial charge is 0.0753 e. The van der Waals surface area contributed by atoms with Crippen LogP contribution < -0.4 is 0 Å². The zero-order chi connectivity index (χ0) is 16.3. The van der Waals surface area contributed by atoms with Gasteiger partial charge >= 0.3 is 0 Å². The molecule has 1 atom stereocenters. The summed E-state index contributed by atoms with van der Waals surface area (Å²) in [5.41, 5.74) is 6.34. The Morgan fingerprint density at radius 3 is 2.18 bits per heavy atom. The first-order valence-corrected chi connectivity index (χ1v) is 7.87. The monoisotopic (exact) mass is 291 g/mol. The molecule has 1 unspecified atom stereocenters. The normalized spacial score (nSPS) is 12.7. The van der Waals surface area contributed by atoms with E-state index < -0.39 is 0 Å². The number of aryl methyl sites for hydroxylation is 2. The van der Waals surface area contributed by atoms with E-state index in [1.54, 1.807) is 0 Å². The summed E-state index contributed by atoms with van der Waals surface area (Å²) in [5, 5.41) is 9.58. The van der Waals surface area contributed by atoms with Crippen molar-refractivity contribution in [2.75, 3.05) is 0 Å². The van der Waals surface area contributed by atoms with E-state index in [2.05, 4.69) is 83.2 Å². The molecule has 0 aliphatic rings. The van der Waals surface area contributed by atoms with E-state index in [0.717, 1.165) is 12.0 Å². The fourth-order valence-corrected chi connectivity index (χ4v) is 2.69. The third-order valence-electron chi connectivity index (χ3n) is 4.26. The van der Waals surface area contributed by atoms with E-state index in [-0.39, 0.29) is 11.3 Å². The predicted molar refractivity (Wildman–Crippen MR) is 93.1 cm³/mol. The molecule has 0 aromatic heterocycles. The fraction of sp³-hybridized carbons (Fsp3) is 0.381. The van der Waals surface area contributed by atoms with Crippen LogP contribution in [0.1, 0.15) is 54.5 Å². The first-order valence-electron chi connectivity index (χ1n) is 7.87. The van der Waals surface area contributed by atoms with Crippen LogP contribution in [0, 0.1) is 25.2 Å². The van der Waals surface area contributed by atoms with E-state index in [1.807, 2.05) is 0 Å². The maximum atomic E-state index is 9.58. The van der Waals surface area contributed by atoms with Crippen LogP contribution in [0.15, 0.2) is 42.5 Å². The van der Waals surface area contributed by atoms with Crippen LogP contribution in [0.5, 0.6) is 0 Å². The third kappa shape index (κ3) is 3.77. The van der Waals surface area contributed by atoms with Gasteiger partial charge in [-0.15, -0.1) is 0 Å². The lowest BCUT2D eigenvalue weighted by atomic mass is 9.84. The predicted octanol–water partition coefficient (Wildman–Crippen LogP) is 5.45. The van der Waals surface area contributed by atoms with Crippen LogP contribution in [-0.4, -0.2) is 0 Å². The summed E-state index contributed by atoms with van der Waals surface area (Å²) in [6.07, 6.45) is 0.777. The minimum Gasteiger partial charge on any atom is -0.198 e. The fourth-order valence-electron chi connectivity index (χ4n) is 2.69. The van der Waals surface area contributed by atoms with Gasteiger partial charge in [0.1, 0.15) is 0 Å². The number of benzene rings is 2. The molecular weight excluding hydrogens is 266 g/mol. The molecule has 2 aromatic carbocycles. The van der Waals surface area contributed by atoms with Crippen molar-refractivity contribution in [2.45, 2.75) is 52.4 Å². The average Bonchev–Trinajstić information content (AvgIpc) is 2.47. The van der Waals surface area contributed by atoms with Gasteiger partial charge in [0.15, 0.2) is 0 Å². The molecule has 0 heterocycles. The van der Waals surface area contributed by atoms with Crippen molar-refractivity contribution in [1.82, 2.24) is 0 Å². The quantitative estimate of drug-likeness (QED) is 0.737. The number of rotatable bonds is 3. The Morgan fingerprint density at radius 2 is 1.64 bits per heavy atom. The lowest BCUT2D eigenvalue weighted by molar-refractivity contribution is 0.589. The first kappa shape index (κ1) is 16.3. The van der Waals surface area contributed by atoms with Crippen LogP contribution in [0.2, 0.25) is 0 Å². The highest BCUT2D eigenvalue weighted by molar-refractivity contribution is 5.36. The van der Waals surface area contributed by atoms with Crippen molar-refractivity contribution >= 4 is 0 Å². The third-order valence-corrected chi connectivity index (χ3v) is 4.26. The molecule has 114 valence electrons. The molecule has 0 aliphatic carbocycles. The van der Waals surface area contributed by atoms with Crippen molar-refractivity contribution in [1.29, 1.82) is 5.26 Å². The minimum atomic E-state index is -0.0884. The Bertz CT molecular complexity index is 681. The minimum absolute atomic E-state index is 0.0884. The lowest BCUT2D eigenvalue weighted by Crippen LogP contribution is -2.11. The zero-order valence-electron chi connectivity index (χ0n) is 14.3. The van der Waals surface area contributed by atoms with Gasteiger partial charge in [-0.25, -0.2) is 0 Å². The molecule has 0 spiro atoms. The Hall–Kier alpha value is -2.07. The molecule has 0 aliphatic heterocycles. The second-order valence-corrected chi connectivity index (χ2v) is 7.19. The molecular formula is C21H25N. The van der Waals surface area contributed by atoms with E-state index >= 15 is 0 Å². The summed E-state index contributed by atoms with van der Waals surface area (Å²) in [4.78, 5) is 0. The van der Waals surface area contributed by atoms with E-state index in [9.17, 15) is 5.26 Å². The summed E-state index contributed by atoms with van der Waals surface area (Å²) in [7, 11) is 0. The van der Waals surface area contributed by atoms with Crippen molar-refractivity contribution < 1.29 is 0 Å². The number of hydrogen-bond acceptors (Lipinski definition) is 1. The second-order valence-electron chi connectivity index (χ2n) is 7.19. The Kier molecular flexibility index (Phi) is 4.71. The summed E-state index contributed by atoms with van der Waals surface area (Å²) in [6.45, 7) is 10.8. The molecule has 22 heavy (non-hydrogen) atoms. The molecule has 1 nitrogen and oxygen atoms in total. The lowest BCUT2D eigenvalue weighted by Gasteiger charge is -2.20. The standard InChI is InChI=1S/C21H25N/c1-15-6-7-16(2)18(12-15)13-19(14-22)17-8-10-20(11-9-17)21(3,4)5/h6-12,19H,13H2,1-5H3. The summed E-state index contributed by atoms with van der Waals surface area (Å²) >= 11 is 0. The molecule has 2 rings (SSSR count). The Balaban J connectivity index is 2.26. The van der Waals surface area contributed by atoms with Gasteiger partial charge in [0, 0.05) is 0 Å². The van der Waals surface area contributed by atoms with Gasteiger partial charge in [-0.05, 0) is 47.9 Å². The van der Waals surface area contributed by atoms with Gasteiger partial charge in [-0.1, -0.05) is 68.8 Å². The molecule has 0 N–H and O–H groups in total. The molecule has 1 heteroatoms. The highest BCUT2D eigenvalue weighted by Gasteiger charge is 2.16. The second kappa shape index (κ2) is 6.36. The van der Waals surface area contributed by atoms with Crippen LogP contribution >= 0.6 is 0 Å². The van der Waals surface area contributed by atoms with Gasteiger partial charge < -0.3 is 0 Å². The van der Waals surface area contributed by atoms with Crippen LogP contribution in [0.25, 0.3) is 0 Å². The molecule has 0 amide bonds. The van der Waals surface area contributed by atoms with Gasteiger partial charge in [0.05, 0.1) is 12.0 Å². The number of hydrogen-bond donors (Lipinski definition) is 0. The van der Waals surface area contributed by atoms with Gasteiger partial charge in [0.25, 0.3) is 0 Å². The van der Waals surface area contributed by atoms with E-state index in [0.29, 0.717) is 0 Å². The first-order chi connectivity index (χ1) is 10.3. The molecule has 0 saturated heterocycles. The van der Waals surface area contributed by atoms with Crippen molar-refractivity contribution in [3.05, 3.63) is 70.3 Å². The van der Waals surface area contributed by atoms with Gasteiger partial charge in [0.2, 0.25) is 0 Å². The number of nitriles is 1. The summed E-state index contributed by atoms with van der Waals surface area (Å²) in [6, 6.07) is 17.5. The molecule has 0 fully saturated rings. The van der Waals surface area contributed by atoms with Crippen LogP contribution in [-0.2, 0) is 11.8 Å². The topological polar surface area (TPSA) is 23.8 Å². The molecule has 0 saturated carbocycles. The average molecular weight is 291 g/mol. The molecule has 2 aromatic rings. The van der Waals surface area contributed by atoms with Crippen LogP contribution in [0.3, 0.4) is 0 Å². The van der Waals surface area contributed by atoms with Crippen molar-refractivity contribution in [3.8, 4) is 6.07 Å². The van der Waals surface area contributed by atoms with E-state index in [4.69, 9.17) is 0 Å². The maximum absolute atomic E-state index is 9.58. The highest BCUT2D eigenvalue weighted by atomic mass is 14.3. The Labute approximate surface area is 134 Å². The maximum Gasteiger partial charge on any atom is 0.0753 e. The Morgan fingerprint density at radius 1 is 1.00 bits per heavy atom. The summed E-state index contributed by atoms with van der Waals surface area (Å²) in [5.74, 6) is -0.0884. The SMILES string of the molecule is Cc1ccc(C)c(CC(C#N)c2ccc(C(C)(C)C)cc2)c1. The van der Waals surface area contributed by atoms with Crippen molar-refractivity contribution in [2.24, 2.45) is 0 Å². The molecule has 0 bridgehead atoms. The van der Waals surface area contributed by atoms with E-state index in [1.165, 1.54) is 22.3 Å².